The molecule has 0 saturated heterocycles. The largest absolute Gasteiger partial charge is 0.333 e. The average molecular weight is 339 g/mol. The zero-order chi connectivity index (χ0) is 17.4. The molecule has 1 atom stereocenters. The molecule has 1 aliphatic carbocycles. The first-order valence-electron chi connectivity index (χ1n) is 8.41. The number of aromatic nitrogens is 1. The van der Waals surface area contributed by atoms with Crippen LogP contribution in [-0.4, -0.2) is 27.7 Å². The van der Waals surface area contributed by atoms with Gasteiger partial charge in [0.25, 0.3) is 0 Å². The lowest BCUT2D eigenvalue weighted by molar-refractivity contribution is -0.136. The smallest absolute Gasteiger partial charge is 0.231 e. The number of hydrogen-bond donors (Lipinski definition) is 1. The van der Waals surface area contributed by atoms with Gasteiger partial charge in [-0.2, -0.15) is 0 Å². The minimum absolute atomic E-state index is 0.0862. The second-order valence-corrected chi connectivity index (χ2v) is 6.55. The Bertz CT molecular complexity index is 821. The van der Waals surface area contributed by atoms with Crippen LogP contribution in [0.1, 0.15) is 36.4 Å². The van der Waals surface area contributed by atoms with Crippen LogP contribution in [0.25, 0.3) is 0 Å². The highest BCUT2D eigenvalue weighted by molar-refractivity contribution is 6.01. The summed E-state index contributed by atoms with van der Waals surface area (Å²) in [5.41, 5.74) is 1.89. The van der Waals surface area contributed by atoms with Crippen molar-refractivity contribution in [2.24, 2.45) is 0 Å². The summed E-state index contributed by atoms with van der Waals surface area (Å²) in [7, 11) is 0. The summed E-state index contributed by atoms with van der Waals surface area (Å²) >= 11 is 0. The molecule has 2 heterocycles. The number of rotatable bonds is 4. The van der Waals surface area contributed by atoms with Crippen molar-refractivity contribution in [2.45, 2.75) is 37.8 Å². The molecule has 0 radical (unpaired) electrons. The second-order valence-electron chi connectivity index (χ2n) is 6.55. The number of pyridine rings is 1. The number of carbonyl (C=O) groups is 2. The summed E-state index contributed by atoms with van der Waals surface area (Å²) in [5.74, 6) is -1.35. The van der Waals surface area contributed by atoms with Crippen molar-refractivity contribution < 1.29 is 14.0 Å². The molecule has 25 heavy (non-hydrogen) atoms. The lowest BCUT2D eigenvalue weighted by atomic mass is 9.89. The minimum Gasteiger partial charge on any atom is -0.333 e. The first-order valence-corrected chi connectivity index (χ1v) is 8.41. The lowest BCUT2D eigenvalue weighted by Gasteiger charge is -2.30. The topological polar surface area (TPSA) is 62.3 Å². The van der Waals surface area contributed by atoms with Gasteiger partial charge in [-0.1, -0.05) is 12.1 Å². The highest BCUT2D eigenvalue weighted by Crippen LogP contribution is 2.37. The molecular weight excluding hydrogens is 321 g/mol. The Morgan fingerprint density at radius 1 is 1.28 bits per heavy atom. The van der Waals surface area contributed by atoms with Crippen LogP contribution < -0.4 is 5.32 Å². The maximum Gasteiger partial charge on any atom is 0.231 e. The Morgan fingerprint density at radius 2 is 2.12 bits per heavy atom. The quantitative estimate of drug-likeness (QED) is 0.932. The number of benzene rings is 1. The van der Waals surface area contributed by atoms with E-state index >= 15 is 0 Å². The lowest BCUT2D eigenvalue weighted by Crippen LogP contribution is -2.39. The third-order valence-corrected chi connectivity index (χ3v) is 4.68. The first-order chi connectivity index (χ1) is 12.1. The van der Waals surface area contributed by atoms with Crippen molar-refractivity contribution in [1.82, 2.24) is 9.88 Å². The Kier molecular flexibility index (Phi) is 3.95. The van der Waals surface area contributed by atoms with Crippen LogP contribution >= 0.6 is 0 Å². The number of hydrogen-bond acceptors (Lipinski definition) is 3. The summed E-state index contributed by atoms with van der Waals surface area (Å²) < 4.78 is 13.5. The molecule has 0 spiro atoms. The fraction of sp³-hybridized carbons (Fsp3) is 0.316. The monoisotopic (exact) mass is 339 g/mol. The van der Waals surface area contributed by atoms with Gasteiger partial charge in [-0.05, 0) is 42.7 Å². The fourth-order valence-corrected chi connectivity index (χ4v) is 3.30. The van der Waals surface area contributed by atoms with E-state index < -0.39 is 11.7 Å². The molecule has 0 bridgehead atoms. The number of amides is 2. The van der Waals surface area contributed by atoms with Gasteiger partial charge in [0.2, 0.25) is 11.8 Å². The van der Waals surface area contributed by atoms with E-state index in [4.69, 9.17) is 0 Å². The Morgan fingerprint density at radius 3 is 2.84 bits per heavy atom. The van der Waals surface area contributed by atoms with E-state index in [9.17, 15) is 14.0 Å². The van der Waals surface area contributed by atoms with E-state index in [1.807, 2.05) is 23.1 Å². The van der Waals surface area contributed by atoms with Crippen LogP contribution in [0.15, 0.2) is 42.6 Å². The molecule has 128 valence electrons. The van der Waals surface area contributed by atoms with E-state index in [2.05, 4.69) is 10.3 Å². The Hall–Kier alpha value is -2.76. The summed E-state index contributed by atoms with van der Waals surface area (Å²) in [6.45, 7) is 0.430. The number of carbonyl (C=O) groups excluding carboxylic acids is 2. The molecular formula is C19H18FN3O2. The molecule has 2 aromatic rings. The molecule has 1 aliphatic heterocycles. The molecule has 0 unspecified atom stereocenters. The van der Waals surface area contributed by atoms with Crippen LogP contribution in [0.5, 0.6) is 0 Å². The van der Waals surface area contributed by atoms with Crippen molar-refractivity contribution in [3.05, 3.63) is 59.7 Å². The molecule has 1 saturated carbocycles. The van der Waals surface area contributed by atoms with Gasteiger partial charge in [0, 0.05) is 24.3 Å². The SMILES string of the molecule is O=C1C[C@@H](C(=O)N(Cc2ccccn2)C2CC2)c2ccc(F)cc2N1. The summed E-state index contributed by atoms with van der Waals surface area (Å²) in [4.78, 5) is 31.3. The Labute approximate surface area is 144 Å². The van der Waals surface area contributed by atoms with Crippen LogP contribution in [0.2, 0.25) is 0 Å². The van der Waals surface area contributed by atoms with Crippen molar-refractivity contribution in [3.8, 4) is 0 Å². The van der Waals surface area contributed by atoms with Gasteiger partial charge in [0.05, 0.1) is 18.2 Å². The summed E-state index contributed by atoms with van der Waals surface area (Å²) in [5, 5.41) is 2.66. The number of halogens is 1. The normalized spacial score (nSPS) is 19.1. The number of nitrogens with one attached hydrogen (secondary N) is 1. The van der Waals surface area contributed by atoms with Crippen molar-refractivity contribution >= 4 is 17.5 Å². The fourth-order valence-electron chi connectivity index (χ4n) is 3.30. The van der Waals surface area contributed by atoms with E-state index in [1.54, 1.807) is 12.3 Å². The number of anilines is 1. The van der Waals surface area contributed by atoms with Gasteiger partial charge in [-0.3, -0.25) is 14.6 Å². The first kappa shape index (κ1) is 15.7. The Balaban J connectivity index is 1.63. The van der Waals surface area contributed by atoms with Crippen LogP contribution in [0, 0.1) is 5.82 Å². The molecule has 2 amide bonds. The molecule has 1 N–H and O–H groups in total. The standard InChI is InChI=1S/C19H18FN3O2/c20-12-4-7-15-16(10-18(24)22-17(15)9-12)19(25)23(14-5-6-14)11-13-3-1-2-8-21-13/h1-4,7-9,14,16H,5-6,10-11H2,(H,22,24)/t16-/m1/s1. The molecule has 4 rings (SSSR count). The molecule has 6 heteroatoms. The van der Waals surface area contributed by atoms with E-state index in [0.717, 1.165) is 18.5 Å². The van der Waals surface area contributed by atoms with Crippen LogP contribution in [-0.2, 0) is 16.1 Å². The van der Waals surface area contributed by atoms with E-state index in [0.29, 0.717) is 17.8 Å². The highest BCUT2D eigenvalue weighted by Gasteiger charge is 2.39. The molecule has 1 fully saturated rings. The van der Waals surface area contributed by atoms with Gasteiger partial charge in [0.15, 0.2) is 0 Å². The predicted molar refractivity (Wildman–Crippen MR) is 90.2 cm³/mol. The average Bonchev–Trinajstić information content (AvgIpc) is 3.44. The molecule has 1 aromatic heterocycles. The maximum atomic E-state index is 13.5. The van der Waals surface area contributed by atoms with Gasteiger partial charge < -0.3 is 10.2 Å². The molecule has 1 aromatic carbocycles. The highest BCUT2D eigenvalue weighted by atomic mass is 19.1. The maximum absolute atomic E-state index is 13.5. The van der Waals surface area contributed by atoms with E-state index in [1.165, 1.54) is 12.1 Å². The zero-order valence-electron chi connectivity index (χ0n) is 13.6. The van der Waals surface area contributed by atoms with Crippen molar-refractivity contribution in [3.63, 3.8) is 0 Å². The third-order valence-electron chi connectivity index (χ3n) is 4.68. The minimum atomic E-state index is -0.575. The van der Waals surface area contributed by atoms with Gasteiger partial charge in [0.1, 0.15) is 5.82 Å². The van der Waals surface area contributed by atoms with E-state index in [-0.39, 0.29) is 24.3 Å². The second kappa shape index (κ2) is 6.27. The van der Waals surface area contributed by atoms with Crippen LogP contribution in [0.3, 0.4) is 0 Å². The summed E-state index contributed by atoms with van der Waals surface area (Å²) in [6, 6.07) is 10.0. The third kappa shape index (κ3) is 3.24. The van der Waals surface area contributed by atoms with Gasteiger partial charge >= 0.3 is 0 Å². The van der Waals surface area contributed by atoms with Gasteiger partial charge in [-0.15, -0.1) is 0 Å². The zero-order valence-corrected chi connectivity index (χ0v) is 13.6. The van der Waals surface area contributed by atoms with Crippen LogP contribution in [0.4, 0.5) is 10.1 Å². The van der Waals surface area contributed by atoms with Gasteiger partial charge in [-0.25, -0.2) is 4.39 Å². The number of nitrogens with zero attached hydrogens (tertiary/aromatic N) is 2. The van der Waals surface area contributed by atoms with Crippen molar-refractivity contribution in [1.29, 1.82) is 0 Å². The van der Waals surface area contributed by atoms with Crippen molar-refractivity contribution in [2.75, 3.05) is 5.32 Å². The molecule has 2 aliphatic rings. The predicted octanol–water partition coefficient (Wildman–Crippen LogP) is 2.84. The number of fused-ring (bicyclic) bond motifs is 1. The summed E-state index contributed by atoms with van der Waals surface area (Å²) in [6.07, 6.45) is 3.72. The molecule has 5 nitrogen and oxygen atoms in total.